The number of nitriles is 1. The van der Waals surface area contributed by atoms with Gasteiger partial charge in [-0.25, -0.2) is 13.6 Å². The molecular weight excluding hydrogens is 314 g/mol. The highest BCUT2D eigenvalue weighted by Gasteiger charge is 2.40. The van der Waals surface area contributed by atoms with Gasteiger partial charge in [-0.05, 0) is 6.92 Å². The van der Waals surface area contributed by atoms with Crippen LogP contribution in [0, 0.1) is 11.3 Å². The third-order valence-corrected chi connectivity index (χ3v) is 3.46. The van der Waals surface area contributed by atoms with E-state index in [-0.39, 0.29) is 27.7 Å². The van der Waals surface area contributed by atoms with Crippen LogP contribution in [0.1, 0.15) is 22.2 Å². The van der Waals surface area contributed by atoms with Crippen LogP contribution in [0.2, 0.25) is 0 Å². The Balaban J connectivity index is 3.01. The number of alkyl halides is 4. The Morgan fingerprint density at radius 2 is 2.19 bits per heavy atom. The first kappa shape index (κ1) is 17.0. The summed E-state index contributed by atoms with van der Waals surface area (Å²) in [5.41, 5.74) is 5.07. The van der Waals surface area contributed by atoms with E-state index in [1.165, 1.54) is 0 Å². The third-order valence-electron chi connectivity index (χ3n) is 2.32. The van der Waals surface area contributed by atoms with Gasteiger partial charge in [-0.3, -0.25) is 0 Å². The van der Waals surface area contributed by atoms with Crippen LogP contribution in [0.25, 0.3) is 0 Å². The molecule has 0 saturated carbocycles. The molecule has 5 nitrogen and oxygen atoms in total. The van der Waals surface area contributed by atoms with E-state index in [0.717, 1.165) is 0 Å². The number of ether oxygens (including phenoxy) is 1. The van der Waals surface area contributed by atoms with Crippen LogP contribution >= 0.6 is 11.3 Å². The summed E-state index contributed by atoms with van der Waals surface area (Å²) in [7, 11) is 0. The summed E-state index contributed by atoms with van der Waals surface area (Å²) in [4.78, 5) is 11.4. The number of carbonyl (C=O) groups excluding carboxylic acids is 1. The van der Waals surface area contributed by atoms with Gasteiger partial charge in [-0.15, -0.1) is 11.3 Å². The molecule has 1 heterocycles. The highest BCUT2D eigenvalue weighted by atomic mass is 32.1. The average molecular weight is 325 g/mol. The highest BCUT2D eigenvalue weighted by Crippen LogP contribution is 2.36. The maximum absolute atomic E-state index is 12.8. The van der Waals surface area contributed by atoms with E-state index in [4.69, 9.17) is 15.7 Å². The first-order valence-electron chi connectivity index (χ1n) is 5.63. The van der Waals surface area contributed by atoms with Crippen molar-refractivity contribution in [1.82, 2.24) is 0 Å². The lowest BCUT2D eigenvalue weighted by atomic mass is 10.2. The van der Waals surface area contributed by atoms with E-state index in [1.807, 2.05) is 5.32 Å². The van der Waals surface area contributed by atoms with Gasteiger partial charge in [0, 0.05) is 0 Å². The second-order valence-corrected chi connectivity index (χ2v) is 4.82. The Labute approximate surface area is 121 Å². The van der Waals surface area contributed by atoms with Crippen molar-refractivity contribution in [2.45, 2.75) is 19.3 Å². The van der Waals surface area contributed by atoms with E-state index in [1.54, 1.807) is 13.0 Å². The Morgan fingerprint density at radius 3 is 2.67 bits per heavy atom. The van der Waals surface area contributed by atoms with Gasteiger partial charge >= 0.3 is 18.3 Å². The molecule has 0 bridgehead atoms. The molecule has 116 valence electrons. The van der Waals surface area contributed by atoms with Crippen LogP contribution in [0.15, 0.2) is 0 Å². The average Bonchev–Trinajstić information content (AvgIpc) is 2.73. The van der Waals surface area contributed by atoms with Crippen molar-refractivity contribution in [2.75, 3.05) is 24.2 Å². The Bertz CT molecular complexity index is 569. The van der Waals surface area contributed by atoms with Crippen LogP contribution in [-0.4, -0.2) is 31.5 Å². The Hall–Kier alpha value is -2.02. The van der Waals surface area contributed by atoms with Crippen LogP contribution in [0.3, 0.4) is 0 Å². The number of anilines is 2. The summed E-state index contributed by atoms with van der Waals surface area (Å²) in [6.45, 7) is 0.223. The lowest BCUT2D eigenvalue weighted by molar-refractivity contribution is -0.117. The molecule has 0 fully saturated rings. The van der Waals surface area contributed by atoms with Gasteiger partial charge in [0.25, 0.3) is 0 Å². The second-order valence-electron chi connectivity index (χ2n) is 3.80. The van der Waals surface area contributed by atoms with Crippen molar-refractivity contribution in [3.8, 4) is 6.07 Å². The number of rotatable bonds is 6. The molecule has 0 spiro atoms. The molecule has 0 saturated heterocycles. The fourth-order valence-corrected chi connectivity index (χ4v) is 2.26. The minimum Gasteiger partial charge on any atom is -0.462 e. The summed E-state index contributed by atoms with van der Waals surface area (Å²) >= 11 is 0.600. The SMILES string of the molecule is CCOC(=O)c1sc(NCC(F)(F)C(F)F)c(C#N)c1N. The molecule has 3 N–H and O–H groups in total. The molecule has 10 heteroatoms. The molecule has 0 aromatic carbocycles. The normalized spacial score (nSPS) is 11.3. The quantitative estimate of drug-likeness (QED) is 0.620. The standard InChI is InChI=1S/C11H11F4N3O2S/c1-2-20-9(19)7-6(17)5(3-16)8(21-7)18-4-11(14,15)10(12)13/h10,18H,2,4,17H2,1H3. The summed E-state index contributed by atoms with van der Waals surface area (Å²) in [6.07, 6.45) is -3.85. The first-order valence-corrected chi connectivity index (χ1v) is 6.45. The zero-order valence-corrected chi connectivity index (χ0v) is 11.6. The molecular formula is C11H11F4N3O2S. The largest absolute Gasteiger partial charge is 0.462 e. The van der Waals surface area contributed by atoms with E-state index < -0.39 is 24.9 Å². The van der Waals surface area contributed by atoms with Crippen molar-refractivity contribution in [3.05, 3.63) is 10.4 Å². The maximum Gasteiger partial charge on any atom is 0.350 e. The molecule has 0 radical (unpaired) electrons. The number of hydrogen-bond donors (Lipinski definition) is 2. The molecule has 0 amide bonds. The number of halogens is 4. The number of carbonyl (C=O) groups is 1. The molecule has 0 aliphatic rings. The molecule has 1 aromatic rings. The van der Waals surface area contributed by atoms with E-state index in [2.05, 4.69) is 0 Å². The van der Waals surface area contributed by atoms with Gasteiger partial charge in [-0.2, -0.15) is 14.0 Å². The molecule has 1 aromatic heterocycles. The zero-order valence-electron chi connectivity index (χ0n) is 10.8. The maximum atomic E-state index is 12.8. The predicted octanol–water partition coefficient (Wildman–Crippen LogP) is 2.69. The van der Waals surface area contributed by atoms with Crippen LogP contribution in [0.5, 0.6) is 0 Å². The van der Waals surface area contributed by atoms with Crippen molar-refractivity contribution >= 4 is 28.0 Å². The van der Waals surface area contributed by atoms with Crippen LogP contribution in [-0.2, 0) is 4.74 Å². The lowest BCUT2D eigenvalue weighted by Gasteiger charge is -2.15. The molecule has 0 unspecified atom stereocenters. The number of esters is 1. The number of nitrogens with two attached hydrogens (primary N) is 1. The monoisotopic (exact) mass is 325 g/mol. The van der Waals surface area contributed by atoms with Crippen LogP contribution in [0.4, 0.5) is 28.3 Å². The van der Waals surface area contributed by atoms with Crippen molar-refractivity contribution in [1.29, 1.82) is 5.26 Å². The first-order chi connectivity index (χ1) is 9.74. The van der Waals surface area contributed by atoms with Gasteiger partial charge in [-0.1, -0.05) is 0 Å². The molecule has 1 rings (SSSR count). The van der Waals surface area contributed by atoms with Crippen molar-refractivity contribution in [2.24, 2.45) is 0 Å². The van der Waals surface area contributed by atoms with E-state index in [0.29, 0.717) is 11.3 Å². The Kier molecular flexibility index (Phi) is 5.37. The van der Waals surface area contributed by atoms with Gasteiger partial charge < -0.3 is 15.8 Å². The van der Waals surface area contributed by atoms with Gasteiger partial charge in [0.15, 0.2) is 0 Å². The number of thiophene rings is 1. The number of nitrogens with zero attached hydrogens (tertiary/aromatic N) is 1. The van der Waals surface area contributed by atoms with E-state index in [9.17, 15) is 22.4 Å². The topological polar surface area (TPSA) is 88.1 Å². The van der Waals surface area contributed by atoms with E-state index >= 15 is 0 Å². The minimum atomic E-state index is -4.27. The van der Waals surface area contributed by atoms with Crippen molar-refractivity contribution in [3.63, 3.8) is 0 Å². The lowest BCUT2D eigenvalue weighted by Crippen LogP contribution is -2.34. The van der Waals surface area contributed by atoms with Crippen LogP contribution < -0.4 is 11.1 Å². The molecule has 0 atom stereocenters. The highest BCUT2D eigenvalue weighted by molar-refractivity contribution is 7.18. The summed E-state index contributed by atoms with van der Waals surface area (Å²) < 4.78 is 54.5. The molecule has 0 aliphatic heterocycles. The fraction of sp³-hybridized carbons (Fsp3) is 0.455. The number of hydrogen-bond acceptors (Lipinski definition) is 6. The minimum absolute atomic E-state index is 0.0598. The zero-order chi connectivity index (χ0) is 16.2. The molecule has 21 heavy (non-hydrogen) atoms. The second kappa shape index (κ2) is 6.62. The summed E-state index contributed by atoms with van der Waals surface area (Å²) in [6, 6.07) is 1.63. The predicted molar refractivity (Wildman–Crippen MR) is 68.8 cm³/mol. The Morgan fingerprint density at radius 1 is 1.57 bits per heavy atom. The third kappa shape index (κ3) is 3.75. The molecule has 0 aliphatic carbocycles. The fourth-order valence-electron chi connectivity index (χ4n) is 1.30. The van der Waals surface area contributed by atoms with Gasteiger partial charge in [0.05, 0.1) is 18.8 Å². The summed E-state index contributed by atoms with van der Waals surface area (Å²) in [5.74, 6) is -5.08. The van der Waals surface area contributed by atoms with Gasteiger partial charge in [0.1, 0.15) is 21.5 Å². The summed E-state index contributed by atoms with van der Waals surface area (Å²) in [5, 5.41) is 10.8. The number of nitrogen functional groups attached to an aromatic ring is 1. The number of nitrogens with one attached hydrogen (secondary N) is 1. The van der Waals surface area contributed by atoms with Crippen molar-refractivity contribution < 1.29 is 27.1 Å². The smallest absolute Gasteiger partial charge is 0.350 e. The van der Waals surface area contributed by atoms with Gasteiger partial charge in [0.2, 0.25) is 0 Å².